The van der Waals surface area contributed by atoms with Crippen LogP contribution < -0.4 is 5.46 Å². The van der Waals surface area contributed by atoms with Gasteiger partial charge in [-0.3, -0.25) is 0 Å². The number of benzene rings is 1. The van der Waals surface area contributed by atoms with Gasteiger partial charge in [0.05, 0.1) is 0 Å². The molecule has 13 heavy (non-hydrogen) atoms. The van der Waals surface area contributed by atoms with E-state index in [1.165, 1.54) is 22.3 Å². The fourth-order valence-electron chi connectivity index (χ4n) is 1.25. The van der Waals surface area contributed by atoms with Crippen molar-refractivity contribution in [3.05, 3.63) is 28.3 Å². The van der Waals surface area contributed by atoms with Crippen LogP contribution in [0.2, 0.25) is 0 Å². The minimum Gasteiger partial charge on any atom is -0.412 e. The first-order valence-electron chi connectivity index (χ1n) is 3.87. The van der Waals surface area contributed by atoms with Crippen LogP contribution in [0, 0.1) is 27.7 Å². The van der Waals surface area contributed by atoms with Gasteiger partial charge in [0.2, 0.25) is 0 Å². The molecule has 72 valence electrons. The van der Waals surface area contributed by atoms with E-state index in [1.54, 1.807) is 0 Å². The summed E-state index contributed by atoms with van der Waals surface area (Å²) in [6.07, 6.45) is 0. The van der Waals surface area contributed by atoms with Crippen molar-refractivity contribution in [2.45, 2.75) is 27.7 Å². The molecule has 1 aromatic carbocycles. The molecule has 1 rings (SSSR count). The molecular formula is C10H17BO2. The van der Waals surface area contributed by atoms with Crippen molar-refractivity contribution in [1.29, 1.82) is 0 Å². The molecule has 0 heterocycles. The smallest absolute Gasteiger partial charge is 0.114 e. The summed E-state index contributed by atoms with van der Waals surface area (Å²) in [5.74, 6) is 0. The van der Waals surface area contributed by atoms with Crippen LogP contribution in [-0.4, -0.2) is 18.8 Å². The zero-order chi connectivity index (χ0) is 8.59. The SMILES string of the molecule is O.O.[B]c1c(C)c(C)cc(C)c1C. The van der Waals surface area contributed by atoms with E-state index in [2.05, 4.69) is 33.8 Å². The summed E-state index contributed by atoms with van der Waals surface area (Å²) < 4.78 is 0. The van der Waals surface area contributed by atoms with Gasteiger partial charge >= 0.3 is 0 Å². The van der Waals surface area contributed by atoms with Crippen molar-refractivity contribution in [2.24, 2.45) is 0 Å². The van der Waals surface area contributed by atoms with E-state index in [4.69, 9.17) is 7.85 Å². The molecule has 2 radical (unpaired) electrons. The second-order valence-corrected chi connectivity index (χ2v) is 3.17. The zero-order valence-corrected chi connectivity index (χ0v) is 8.65. The fraction of sp³-hybridized carbons (Fsp3) is 0.400. The predicted octanol–water partition coefficient (Wildman–Crippen LogP) is 0.0647. The van der Waals surface area contributed by atoms with Gasteiger partial charge in [0.25, 0.3) is 0 Å². The number of aryl methyl sites for hydroxylation is 2. The van der Waals surface area contributed by atoms with Gasteiger partial charge in [-0.15, -0.1) is 0 Å². The molecule has 3 heteroatoms. The average molecular weight is 180 g/mol. The lowest BCUT2D eigenvalue weighted by Gasteiger charge is -2.11. The van der Waals surface area contributed by atoms with Gasteiger partial charge in [0, 0.05) is 0 Å². The molecule has 0 aliphatic heterocycles. The Hall–Kier alpha value is -0.795. The normalized spacial score (nSPS) is 8.62. The van der Waals surface area contributed by atoms with Gasteiger partial charge in [-0.2, -0.15) is 0 Å². The Morgan fingerprint density at radius 1 is 0.846 bits per heavy atom. The Morgan fingerprint density at radius 2 is 1.15 bits per heavy atom. The van der Waals surface area contributed by atoms with E-state index in [0.717, 1.165) is 5.46 Å². The second kappa shape index (κ2) is 5.05. The molecule has 0 fully saturated rings. The molecule has 0 saturated carbocycles. The number of hydrogen-bond acceptors (Lipinski definition) is 0. The molecule has 0 aromatic heterocycles. The van der Waals surface area contributed by atoms with Crippen LogP contribution in [0.4, 0.5) is 0 Å². The van der Waals surface area contributed by atoms with Crippen LogP contribution in [0.25, 0.3) is 0 Å². The highest BCUT2D eigenvalue weighted by atomic mass is 16.0. The monoisotopic (exact) mass is 180 g/mol. The summed E-state index contributed by atoms with van der Waals surface area (Å²) in [7, 11) is 5.88. The lowest BCUT2D eigenvalue weighted by molar-refractivity contribution is 0.823. The zero-order valence-electron chi connectivity index (χ0n) is 8.65. The maximum Gasteiger partial charge on any atom is 0.114 e. The van der Waals surface area contributed by atoms with Crippen LogP contribution in [0.1, 0.15) is 22.3 Å². The minimum atomic E-state index is 0. The van der Waals surface area contributed by atoms with Crippen molar-refractivity contribution >= 4 is 13.3 Å². The molecule has 1 aromatic rings. The third-order valence-electron chi connectivity index (χ3n) is 2.42. The van der Waals surface area contributed by atoms with Gasteiger partial charge in [0.1, 0.15) is 7.85 Å². The van der Waals surface area contributed by atoms with Crippen LogP contribution >= 0.6 is 0 Å². The Kier molecular flexibility index (Phi) is 5.71. The predicted molar refractivity (Wildman–Crippen MR) is 58.0 cm³/mol. The van der Waals surface area contributed by atoms with Gasteiger partial charge < -0.3 is 11.0 Å². The van der Waals surface area contributed by atoms with Crippen LogP contribution in [0.15, 0.2) is 6.07 Å². The van der Waals surface area contributed by atoms with Gasteiger partial charge in [-0.1, -0.05) is 22.7 Å². The van der Waals surface area contributed by atoms with Crippen LogP contribution in [0.5, 0.6) is 0 Å². The number of hydrogen-bond donors (Lipinski definition) is 0. The second-order valence-electron chi connectivity index (χ2n) is 3.17. The third-order valence-corrected chi connectivity index (χ3v) is 2.42. The molecule has 0 amide bonds. The Labute approximate surface area is 81.0 Å². The van der Waals surface area contributed by atoms with Gasteiger partial charge in [-0.25, -0.2) is 0 Å². The average Bonchev–Trinajstić information content (AvgIpc) is 1.97. The summed E-state index contributed by atoms with van der Waals surface area (Å²) in [5.41, 5.74) is 5.94. The first-order chi connectivity index (χ1) is 5.04. The summed E-state index contributed by atoms with van der Waals surface area (Å²) >= 11 is 0. The van der Waals surface area contributed by atoms with E-state index in [1.807, 2.05) is 0 Å². The highest BCUT2D eigenvalue weighted by Crippen LogP contribution is 2.10. The Bertz CT molecular complexity index is 269. The third kappa shape index (κ3) is 2.57. The van der Waals surface area contributed by atoms with Crippen molar-refractivity contribution < 1.29 is 11.0 Å². The van der Waals surface area contributed by atoms with E-state index < -0.39 is 0 Å². The highest BCUT2D eigenvalue weighted by molar-refractivity contribution is 6.34. The fourth-order valence-corrected chi connectivity index (χ4v) is 1.25. The molecule has 0 saturated heterocycles. The van der Waals surface area contributed by atoms with Crippen molar-refractivity contribution in [2.75, 3.05) is 0 Å². The van der Waals surface area contributed by atoms with Gasteiger partial charge in [-0.05, 0) is 38.8 Å². The van der Waals surface area contributed by atoms with Crippen LogP contribution in [-0.2, 0) is 0 Å². The lowest BCUT2D eigenvalue weighted by Crippen LogP contribution is -2.14. The molecular weight excluding hydrogens is 163 g/mol. The first kappa shape index (κ1) is 14.7. The summed E-state index contributed by atoms with van der Waals surface area (Å²) in [4.78, 5) is 0. The summed E-state index contributed by atoms with van der Waals surface area (Å²) in [6, 6.07) is 2.18. The number of rotatable bonds is 0. The highest BCUT2D eigenvalue weighted by Gasteiger charge is 2.01. The van der Waals surface area contributed by atoms with E-state index in [-0.39, 0.29) is 11.0 Å². The van der Waals surface area contributed by atoms with Crippen molar-refractivity contribution in [3.8, 4) is 0 Å². The minimum absolute atomic E-state index is 0. The molecule has 0 bridgehead atoms. The van der Waals surface area contributed by atoms with Crippen molar-refractivity contribution in [1.82, 2.24) is 0 Å². The maximum atomic E-state index is 5.88. The maximum absolute atomic E-state index is 5.88. The quantitative estimate of drug-likeness (QED) is 0.507. The topological polar surface area (TPSA) is 63.0 Å². The largest absolute Gasteiger partial charge is 0.412 e. The molecule has 0 aliphatic rings. The Morgan fingerprint density at radius 3 is 1.46 bits per heavy atom. The molecule has 2 nitrogen and oxygen atoms in total. The summed E-state index contributed by atoms with van der Waals surface area (Å²) in [5, 5.41) is 0. The molecule has 0 aliphatic carbocycles. The van der Waals surface area contributed by atoms with E-state index in [0.29, 0.717) is 0 Å². The summed E-state index contributed by atoms with van der Waals surface area (Å²) in [6.45, 7) is 8.32. The molecule has 0 spiro atoms. The Balaban J connectivity index is 0. The van der Waals surface area contributed by atoms with Crippen molar-refractivity contribution in [3.63, 3.8) is 0 Å². The molecule has 0 unspecified atom stereocenters. The first-order valence-corrected chi connectivity index (χ1v) is 3.87. The van der Waals surface area contributed by atoms with Crippen LogP contribution in [0.3, 0.4) is 0 Å². The van der Waals surface area contributed by atoms with Gasteiger partial charge in [0.15, 0.2) is 0 Å². The lowest BCUT2D eigenvalue weighted by atomic mass is 9.83. The molecule has 0 atom stereocenters. The van der Waals surface area contributed by atoms with E-state index >= 15 is 0 Å². The standard InChI is InChI=1S/C10H13B.2H2O/c1-6-5-7(2)9(4)10(11)8(6)3;;/h5H,1-4H3;2*1H2. The van der Waals surface area contributed by atoms with E-state index in [9.17, 15) is 0 Å². The molecule has 4 N–H and O–H groups in total.